The van der Waals surface area contributed by atoms with Gasteiger partial charge in [0.2, 0.25) is 5.82 Å². The van der Waals surface area contributed by atoms with Crippen LogP contribution < -0.4 is 0 Å². The highest BCUT2D eigenvalue weighted by Gasteiger charge is 2.45. The maximum atomic E-state index is 12.9. The van der Waals surface area contributed by atoms with Gasteiger partial charge in [0.25, 0.3) is 5.91 Å². The van der Waals surface area contributed by atoms with E-state index in [4.69, 9.17) is 0 Å². The predicted octanol–water partition coefficient (Wildman–Crippen LogP) is 1.01. The number of nitrogens with zero attached hydrogens (tertiary/aromatic N) is 5. The maximum Gasteiger partial charge on any atom is 0.292 e. The Kier molecular flexibility index (Phi) is 4.14. The highest BCUT2D eigenvalue weighted by atomic mass is 32.2. The number of rotatable bonds is 3. The highest BCUT2D eigenvalue weighted by molar-refractivity contribution is 7.91. The molecule has 9 heteroatoms. The van der Waals surface area contributed by atoms with E-state index in [9.17, 15) is 13.2 Å². The van der Waals surface area contributed by atoms with Gasteiger partial charge in [0.1, 0.15) is 0 Å². The summed E-state index contributed by atoms with van der Waals surface area (Å²) in [5.41, 5.74) is 0.259. The Bertz CT molecular complexity index is 919. The maximum absolute atomic E-state index is 12.9. The Morgan fingerprint density at radius 1 is 1.32 bits per heavy atom. The number of aryl methyl sites for hydroxylation is 1. The molecule has 1 fully saturated rings. The molecule has 0 radical (unpaired) electrons. The third-order valence-electron chi connectivity index (χ3n) is 4.48. The lowest BCUT2D eigenvalue weighted by atomic mass is 10.0. The van der Waals surface area contributed by atoms with Crippen molar-refractivity contribution in [2.24, 2.45) is 0 Å². The minimum atomic E-state index is -3.22. The molecule has 1 unspecified atom stereocenters. The average Bonchev–Trinajstić information content (AvgIpc) is 3.09. The lowest BCUT2D eigenvalue weighted by Crippen LogP contribution is -2.43. The van der Waals surface area contributed by atoms with Crippen LogP contribution in [0.4, 0.5) is 0 Å². The summed E-state index contributed by atoms with van der Waals surface area (Å²) in [6.07, 6.45) is 4.86. The van der Waals surface area contributed by atoms with E-state index in [0.717, 1.165) is 5.69 Å². The lowest BCUT2D eigenvalue weighted by molar-refractivity contribution is 0.0639. The summed E-state index contributed by atoms with van der Waals surface area (Å²) in [6, 6.07) is 3.50. The van der Waals surface area contributed by atoms with Crippen LogP contribution in [0.2, 0.25) is 0 Å². The van der Waals surface area contributed by atoms with Crippen LogP contribution in [0.25, 0.3) is 5.82 Å². The monoisotopic (exact) mass is 363 g/mol. The van der Waals surface area contributed by atoms with E-state index in [1.54, 1.807) is 21.8 Å². The van der Waals surface area contributed by atoms with E-state index < -0.39 is 20.6 Å². The molecule has 0 N–H and O–H groups in total. The van der Waals surface area contributed by atoms with Gasteiger partial charge in [-0.15, -0.1) is 0 Å². The first-order valence-corrected chi connectivity index (χ1v) is 9.90. The largest absolute Gasteiger partial charge is 0.329 e. The first-order valence-electron chi connectivity index (χ1n) is 7.94. The van der Waals surface area contributed by atoms with E-state index in [2.05, 4.69) is 15.1 Å². The number of carbonyl (C=O) groups is 1. The number of hydrogen-bond acceptors (Lipinski definition) is 6. The van der Waals surface area contributed by atoms with Gasteiger partial charge in [-0.25, -0.2) is 23.1 Å². The lowest BCUT2D eigenvalue weighted by Gasteiger charge is -2.30. The van der Waals surface area contributed by atoms with Crippen molar-refractivity contribution in [1.29, 1.82) is 0 Å². The zero-order valence-electron chi connectivity index (χ0n) is 14.7. The molecule has 0 spiro atoms. The third kappa shape index (κ3) is 3.41. The van der Waals surface area contributed by atoms with Crippen molar-refractivity contribution in [3.05, 3.63) is 36.0 Å². The Morgan fingerprint density at radius 2 is 2.04 bits per heavy atom. The second-order valence-electron chi connectivity index (χ2n) is 7.02. The van der Waals surface area contributed by atoms with Crippen LogP contribution in [0.3, 0.4) is 0 Å². The topological polar surface area (TPSA) is 98.1 Å². The fourth-order valence-electron chi connectivity index (χ4n) is 3.07. The minimum Gasteiger partial charge on any atom is -0.329 e. The Hall–Kier alpha value is -2.29. The zero-order chi connectivity index (χ0) is 18.4. The van der Waals surface area contributed by atoms with Crippen molar-refractivity contribution in [2.45, 2.75) is 38.0 Å². The molecule has 1 atom stereocenters. The van der Waals surface area contributed by atoms with E-state index >= 15 is 0 Å². The highest BCUT2D eigenvalue weighted by Crippen LogP contribution is 2.32. The number of amides is 1. The molecule has 8 nitrogen and oxygen atoms in total. The molecule has 134 valence electrons. The summed E-state index contributed by atoms with van der Waals surface area (Å²) in [7, 11) is -3.22. The summed E-state index contributed by atoms with van der Waals surface area (Å²) in [4.78, 5) is 22.8. The summed E-state index contributed by atoms with van der Waals surface area (Å²) < 4.78 is 25.3. The van der Waals surface area contributed by atoms with Crippen molar-refractivity contribution < 1.29 is 13.2 Å². The van der Waals surface area contributed by atoms with Gasteiger partial charge in [-0.05, 0) is 33.3 Å². The van der Waals surface area contributed by atoms with Gasteiger partial charge in [-0.2, -0.15) is 5.10 Å². The van der Waals surface area contributed by atoms with Crippen LogP contribution in [0.15, 0.2) is 24.5 Å². The molecule has 2 aromatic rings. The van der Waals surface area contributed by atoms with E-state index in [1.807, 2.05) is 26.8 Å². The summed E-state index contributed by atoms with van der Waals surface area (Å²) in [5.74, 6) is 0.151. The third-order valence-corrected chi connectivity index (χ3v) is 6.01. The number of aromatic nitrogens is 4. The SMILES string of the molecule is Cc1ccn(-c2ccnc(C(=O)N3CC(S(C)(=O)=O)CC3(C)C)n2)n1. The first kappa shape index (κ1) is 17.5. The Balaban J connectivity index is 1.91. The van der Waals surface area contributed by atoms with Crippen molar-refractivity contribution >= 4 is 15.7 Å². The smallest absolute Gasteiger partial charge is 0.292 e. The molecule has 3 rings (SSSR count). The molecule has 1 aliphatic heterocycles. The molecule has 0 aromatic carbocycles. The molecule has 0 saturated carbocycles. The second-order valence-corrected chi connectivity index (χ2v) is 9.35. The number of hydrogen-bond donors (Lipinski definition) is 0. The Labute approximate surface area is 146 Å². The van der Waals surface area contributed by atoms with Gasteiger partial charge in [0.05, 0.1) is 10.9 Å². The van der Waals surface area contributed by atoms with Gasteiger partial charge in [-0.1, -0.05) is 0 Å². The zero-order valence-corrected chi connectivity index (χ0v) is 15.5. The predicted molar refractivity (Wildman–Crippen MR) is 92.3 cm³/mol. The average molecular weight is 363 g/mol. The summed E-state index contributed by atoms with van der Waals surface area (Å²) in [5, 5.41) is 3.71. The fraction of sp³-hybridized carbons (Fsp3) is 0.500. The molecule has 2 aromatic heterocycles. The van der Waals surface area contributed by atoms with Crippen molar-refractivity contribution in [3.63, 3.8) is 0 Å². The molecular weight excluding hydrogens is 342 g/mol. The number of likely N-dealkylation sites (tertiary alicyclic amines) is 1. The van der Waals surface area contributed by atoms with Crippen LogP contribution >= 0.6 is 0 Å². The van der Waals surface area contributed by atoms with Crippen molar-refractivity contribution in [3.8, 4) is 5.82 Å². The van der Waals surface area contributed by atoms with Crippen LogP contribution in [-0.4, -0.2) is 62.6 Å². The molecule has 1 amide bonds. The molecule has 1 aliphatic rings. The normalized spacial score (nSPS) is 20.0. The van der Waals surface area contributed by atoms with Crippen LogP contribution in [0.1, 0.15) is 36.6 Å². The van der Waals surface area contributed by atoms with Gasteiger partial charge >= 0.3 is 0 Å². The molecule has 0 aliphatic carbocycles. The molecule has 0 bridgehead atoms. The van der Waals surface area contributed by atoms with E-state index in [0.29, 0.717) is 12.2 Å². The molecular formula is C16H21N5O3S. The summed E-state index contributed by atoms with van der Waals surface area (Å²) >= 11 is 0. The molecule has 25 heavy (non-hydrogen) atoms. The number of carbonyl (C=O) groups excluding carboxylic acids is 1. The van der Waals surface area contributed by atoms with E-state index in [-0.39, 0.29) is 18.3 Å². The van der Waals surface area contributed by atoms with Crippen molar-refractivity contribution in [1.82, 2.24) is 24.6 Å². The summed E-state index contributed by atoms with van der Waals surface area (Å²) in [6.45, 7) is 5.73. The van der Waals surface area contributed by atoms with Gasteiger partial charge in [-0.3, -0.25) is 4.79 Å². The second kappa shape index (κ2) is 5.91. The van der Waals surface area contributed by atoms with Crippen LogP contribution in [0, 0.1) is 6.92 Å². The Morgan fingerprint density at radius 3 is 2.60 bits per heavy atom. The van der Waals surface area contributed by atoms with Gasteiger partial charge < -0.3 is 4.90 Å². The van der Waals surface area contributed by atoms with Gasteiger partial charge in [0, 0.05) is 36.8 Å². The first-order chi connectivity index (χ1) is 11.6. The minimum absolute atomic E-state index is 0.0351. The van der Waals surface area contributed by atoms with Crippen LogP contribution in [-0.2, 0) is 9.84 Å². The quantitative estimate of drug-likeness (QED) is 0.807. The van der Waals surface area contributed by atoms with E-state index in [1.165, 1.54) is 12.5 Å². The molecule has 1 saturated heterocycles. The van der Waals surface area contributed by atoms with Crippen LogP contribution in [0.5, 0.6) is 0 Å². The standard InChI is InChI=1S/C16H21N5O3S/c1-11-6-8-21(19-11)13-5-7-17-14(18-13)15(22)20-10-12(25(4,23)24)9-16(20,2)3/h5-8,12H,9-10H2,1-4H3. The van der Waals surface area contributed by atoms with Gasteiger partial charge in [0.15, 0.2) is 15.7 Å². The fourth-order valence-corrected chi connectivity index (χ4v) is 4.20. The van der Waals surface area contributed by atoms with Crippen molar-refractivity contribution in [2.75, 3.05) is 12.8 Å². The number of sulfone groups is 1. The molecule has 3 heterocycles.